The summed E-state index contributed by atoms with van der Waals surface area (Å²) in [5.74, 6) is 1.76. The molecule has 1 aliphatic rings. The van der Waals surface area contributed by atoms with Gasteiger partial charge in [0.25, 0.3) is 5.91 Å². The molecule has 122 valence electrons. The molecule has 1 aromatic heterocycles. The van der Waals surface area contributed by atoms with E-state index in [-0.39, 0.29) is 5.91 Å². The molecule has 5 nitrogen and oxygen atoms in total. The standard InChI is InChI=1S/C19H19N3O2/c1-3-18-20-14-12-13(8-9-15(14)21(18)2)19(23)22-10-11-24-17-7-5-4-6-16(17)22/h4-9,12H,3,10-11H2,1-2H3. The lowest BCUT2D eigenvalue weighted by Crippen LogP contribution is -2.37. The predicted octanol–water partition coefficient (Wildman–Crippen LogP) is 3.17. The molecule has 24 heavy (non-hydrogen) atoms. The maximum Gasteiger partial charge on any atom is 0.258 e. The van der Waals surface area contributed by atoms with Gasteiger partial charge in [0, 0.05) is 19.0 Å². The van der Waals surface area contributed by atoms with Crippen molar-refractivity contribution >= 4 is 22.6 Å². The Morgan fingerprint density at radius 3 is 2.92 bits per heavy atom. The van der Waals surface area contributed by atoms with Crippen molar-refractivity contribution in [1.82, 2.24) is 9.55 Å². The maximum absolute atomic E-state index is 13.0. The Morgan fingerprint density at radius 2 is 2.08 bits per heavy atom. The molecule has 0 N–H and O–H groups in total. The summed E-state index contributed by atoms with van der Waals surface area (Å²) < 4.78 is 7.71. The van der Waals surface area contributed by atoms with Crippen molar-refractivity contribution in [2.75, 3.05) is 18.1 Å². The number of rotatable bonds is 2. The van der Waals surface area contributed by atoms with Crippen LogP contribution in [0.2, 0.25) is 0 Å². The van der Waals surface area contributed by atoms with E-state index < -0.39 is 0 Å². The molecule has 0 saturated heterocycles. The summed E-state index contributed by atoms with van der Waals surface area (Å²) >= 11 is 0. The molecule has 3 aromatic rings. The van der Waals surface area contributed by atoms with Crippen molar-refractivity contribution in [3.05, 3.63) is 53.9 Å². The lowest BCUT2D eigenvalue weighted by atomic mass is 10.1. The quantitative estimate of drug-likeness (QED) is 0.728. The van der Waals surface area contributed by atoms with E-state index in [1.54, 1.807) is 4.90 Å². The summed E-state index contributed by atoms with van der Waals surface area (Å²) in [7, 11) is 2.01. The summed E-state index contributed by atoms with van der Waals surface area (Å²) in [5.41, 5.74) is 3.39. The van der Waals surface area contributed by atoms with Crippen LogP contribution in [0.4, 0.5) is 5.69 Å². The number of benzene rings is 2. The molecule has 0 atom stereocenters. The molecule has 4 rings (SSSR count). The third-order valence-electron chi connectivity index (χ3n) is 4.51. The molecule has 0 bridgehead atoms. The third-order valence-corrected chi connectivity index (χ3v) is 4.51. The number of ether oxygens (including phenoxy) is 1. The summed E-state index contributed by atoms with van der Waals surface area (Å²) in [4.78, 5) is 19.4. The molecule has 0 unspecified atom stereocenters. The molecule has 0 radical (unpaired) electrons. The van der Waals surface area contributed by atoms with Gasteiger partial charge in [-0.3, -0.25) is 4.79 Å². The Kier molecular flexibility index (Phi) is 3.49. The van der Waals surface area contributed by atoms with Crippen LogP contribution >= 0.6 is 0 Å². The lowest BCUT2D eigenvalue weighted by molar-refractivity contribution is 0.0976. The van der Waals surface area contributed by atoms with E-state index in [2.05, 4.69) is 16.5 Å². The Labute approximate surface area is 140 Å². The first-order valence-electron chi connectivity index (χ1n) is 8.18. The Hall–Kier alpha value is -2.82. The topological polar surface area (TPSA) is 47.4 Å². The third kappa shape index (κ3) is 2.24. The molecular weight excluding hydrogens is 302 g/mol. The van der Waals surface area contributed by atoms with Gasteiger partial charge in [0.05, 0.1) is 23.3 Å². The van der Waals surface area contributed by atoms with Gasteiger partial charge in [-0.25, -0.2) is 4.98 Å². The number of amides is 1. The molecule has 1 aliphatic heterocycles. The van der Waals surface area contributed by atoms with E-state index in [1.807, 2.05) is 49.5 Å². The second-order valence-corrected chi connectivity index (χ2v) is 5.92. The first kappa shape index (κ1) is 14.8. The first-order chi connectivity index (χ1) is 11.7. The number of carbonyl (C=O) groups excluding carboxylic acids is 1. The van der Waals surface area contributed by atoms with Gasteiger partial charge in [-0.15, -0.1) is 0 Å². The lowest BCUT2D eigenvalue weighted by Gasteiger charge is -2.29. The van der Waals surface area contributed by atoms with Crippen molar-refractivity contribution in [3.8, 4) is 5.75 Å². The highest BCUT2D eigenvalue weighted by Gasteiger charge is 2.24. The maximum atomic E-state index is 13.0. The van der Waals surface area contributed by atoms with Crippen molar-refractivity contribution in [2.45, 2.75) is 13.3 Å². The van der Waals surface area contributed by atoms with Crippen LogP contribution in [-0.2, 0) is 13.5 Å². The number of aromatic nitrogens is 2. The molecule has 1 amide bonds. The number of anilines is 1. The van der Waals surface area contributed by atoms with Crippen LogP contribution < -0.4 is 9.64 Å². The number of aryl methyl sites for hydroxylation is 2. The largest absolute Gasteiger partial charge is 0.490 e. The van der Waals surface area contributed by atoms with Crippen LogP contribution in [0, 0.1) is 0 Å². The van der Waals surface area contributed by atoms with E-state index in [4.69, 9.17) is 4.74 Å². The van der Waals surface area contributed by atoms with Gasteiger partial charge in [0.15, 0.2) is 0 Å². The molecule has 2 aromatic carbocycles. The average Bonchev–Trinajstić information content (AvgIpc) is 2.96. The summed E-state index contributed by atoms with van der Waals surface area (Å²) in [6, 6.07) is 13.4. The van der Waals surface area contributed by atoms with Crippen LogP contribution in [0.15, 0.2) is 42.5 Å². The number of hydrogen-bond donors (Lipinski definition) is 0. The van der Waals surface area contributed by atoms with Gasteiger partial charge in [-0.05, 0) is 30.3 Å². The van der Waals surface area contributed by atoms with Crippen LogP contribution in [0.1, 0.15) is 23.1 Å². The molecule has 5 heteroatoms. The Balaban J connectivity index is 1.74. The zero-order valence-corrected chi connectivity index (χ0v) is 13.8. The molecular formula is C19H19N3O2. The van der Waals surface area contributed by atoms with Crippen molar-refractivity contribution in [1.29, 1.82) is 0 Å². The summed E-state index contributed by atoms with van der Waals surface area (Å²) in [6.45, 7) is 3.14. The summed E-state index contributed by atoms with van der Waals surface area (Å²) in [5, 5.41) is 0. The van der Waals surface area contributed by atoms with E-state index in [0.717, 1.165) is 34.7 Å². The number of nitrogens with zero attached hydrogens (tertiary/aromatic N) is 3. The highest BCUT2D eigenvalue weighted by Crippen LogP contribution is 2.32. The molecule has 2 heterocycles. The number of carbonyl (C=O) groups is 1. The Morgan fingerprint density at radius 1 is 1.25 bits per heavy atom. The second-order valence-electron chi connectivity index (χ2n) is 5.92. The minimum absolute atomic E-state index is 0.0173. The second kappa shape index (κ2) is 5.67. The fourth-order valence-electron chi connectivity index (χ4n) is 3.24. The zero-order valence-electron chi connectivity index (χ0n) is 13.8. The van der Waals surface area contributed by atoms with Crippen molar-refractivity contribution < 1.29 is 9.53 Å². The van der Waals surface area contributed by atoms with Gasteiger partial charge in [-0.2, -0.15) is 0 Å². The number of imidazole rings is 1. The molecule has 0 fully saturated rings. The minimum atomic E-state index is -0.0173. The van der Waals surface area contributed by atoms with Crippen LogP contribution in [0.5, 0.6) is 5.75 Å². The van der Waals surface area contributed by atoms with Crippen LogP contribution in [0.25, 0.3) is 11.0 Å². The monoisotopic (exact) mass is 321 g/mol. The highest BCUT2D eigenvalue weighted by atomic mass is 16.5. The molecule has 0 aliphatic carbocycles. The minimum Gasteiger partial charge on any atom is -0.490 e. The van der Waals surface area contributed by atoms with Gasteiger partial charge < -0.3 is 14.2 Å². The van der Waals surface area contributed by atoms with E-state index >= 15 is 0 Å². The number of para-hydroxylation sites is 2. The van der Waals surface area contributed by atoms with E-state index in [1.165, 1.54) is 0 Å². The molecule has 0 saturated carbocycles. The van der Waals surface area contributed by atoms with Gasteiger partial charge in [0.2, 0.25) is 0 Å². The first-order valence-corrected chi connectivity index (χ1v) is 8.18. The van der Waals surface area contributed by atoms with Crippen molar-refractivity contribution in [3.63, 3.8) is 0 Å². The smallest absolute Gasteiger partial charge is 0.258 e. The number of fused-ring (bicyclic) bond motifs is 2. The van der Waals surface area contributed by atoms with Crippen LogP contribution in [0.3, 0.4) is 0 Å². The SMILES string of the molecule is CCc1nc2cc(C(=O)N3CCOc4ccccc43)ccc2n1C. The normalized spacial score (nSPS) is 13.7. The zero-order chi connectivity index (χ0) is 16.7. The van der Waals surface area contributed by atoms with Gasteiger partial charge >= 0.3 is 0 Å². The highest BCUT2D eigenvalue weighted by molar-refractivity contribution is 6.08. The Bertz CT molecular complexity index is 930. The van der Waals surface area contributed by atoms with E-state index in [0.29, 0.717) is 18.7 Å². The fraction of sp³-hybridized carbons (Fsp3) is 0.263. The molecule has 0 spiro atoms. The van der Waals surface area contributed by atoms with Crippen LogP contribution in [-0.4, -0.2) is 28.6 Å². The average molecular weight is 321 g/mol. The van der Waals surface area contributed by atoms with Gasteiger partial charge in [-0.1, -0.05) is 19.1 Å². The van der Waals surface area contributed by atoms with E-state index in [9.17, 15) is 4.79 Å². The number of hydrogen-bond acceptors (Lipinski definition) is 3. The van der Waals surface area contributed by atoms with Gasteiger partial charge in [0.1, 0.15) is 18.2 Å². The predicted molar refractivity (Wildman–Crippen MR) is 93.7 cm³/mol. The summed E-state index contributed by atoms with van der Waals surface area (Å²) in [6.07, 6.45) is 0.866. The fourth-order valence-corrected chi connectivity index (χ4v) is 3.24. The van der Waals surface area contributed by atoms with Crippen molar-refractivity contribution in [2.24, 2.45) is 7.05 Å².